The standard InChI is InChI=1S/C17H25N7O/c1-6-14-9-15(24-16(20-14)11(2)12(3)22-24)19-13(4)17-21-18-10-23(17)7-8-25-5/h9-10,13,19H,6-8H2,1-5H3/t13-/m0/s1. The number of hydrogen-bond acceptors (Lipinski definition) is 6. The van der Waals surface area contributed by atoms with Crippen LogP contribution in [0.2, 0.25) is 0 Å². The maximum absolute atomic E-state index is 5.15. The molecule has 0 saturated carbocycles. The molecule has 3 rings (SSSR count). The minimum Gasteiger partial charge on any atom is -0.383 e. The first-order chi connectivity index (χ1) is 12.0. The van der Waals surface area contributed by atoms with Crippen molar-refractivity contribution in [3.8, 4) is 0 Å². The minimum atomic E-state index is -0.0283. The van der Waals surface area contributed by atoms with Crippen molar-refractivity contribution in [1.82, 2.24) is 29.4 Å². The third-order valence-electron chi connectivity index (χ3n) is 4.41. The quantitative estimate of drug-likeness (QED) is 0.709. The van der Waals surface area contributed by atoms with E-state index in [1.807, 2.05) is 22.1 Å². The molecule has 0 bridgehead atoms. The Labute approximate surface area is 147 Å². The van der Waals surface area contributed by atoms with Gasteiger partial charge in [-0.05, 0) is 27.2 Å². The van der Waals surface area contributed by atoms with E-state index in [2.05, 4.69) is 41.4 Å². The number of rotatable bonds is 7. The van der Waals surface area contributed by atoms with Crippen molar-refractivity contribution in [2.45, 2.75) is 46.7 Å². The summed E-state index contributed by atoms with van der Waals surface area (Å²) < 4.78 is 9.02. The normalized spacial score (nSPS) is 12.7. The van der Waals surface area contributed by atoms with Crippen molar-refractivity contribution >= 4 is 11.5 Å². The molecule has 0 saturated heterocycles. The maximum Gasteiger partial charge on any atom is 0.160 e. The van der Waals surface area contributed by atoms with Crippen LogP contribution < -0.4 is 5.32 Å². The number of hydrogen-bond donors (Lipinski definition) is 1. The van der Waals surface area contributed by atoms with Crippen LogP contribution in [0, 0.1) is 13.8 Å². The van der Waals surface area contributed by atoms with E-state index in [0.717, 1.165) is 47.2 Å². The summed E-state index contributed by atoms with van der Waals surface area (Å²) >= 11 is 0. The average molecular weight is 343 g/mol. The number of aromatic nitrogens is 6. The van der Waals surface area contributed by atoms with Gasteiger partial charge < -0.3 is 14.6 Å². The molecule has 0 aromatic carbocycles. The second-order valence-corrected chi connectivity index (χ2v) is 6.17. The fraction of sp³-hybridized carbons (Fsp3) is 0.529. The lowest BCUT2D eigenvalue weighted by Gasteiger charge is -2.17. The molecule has 3 aromatic heterocycles. The molecule has 0 aliphatic rings. The lowest BCUT2D eigenvalue weighted by Crippen LogP contribution is -2.17. The first-order valence-electron chi connectivity index (χ1n) is 8.54. The summed E-state index contributed by atoms with van der Waals surface area (Å²) in [6.45, 7) is 9.56. The molecule has 0 spiro atoms. The van der Waals surface area contributed by atoms with Crippen molar-refractivity contribution in [3.63, 3.8) is 0 Å². The molecule has 3 aromatic rings. The Kier molecular flexibility index (Phi) is 4.98. The van der Waals surface area contributed by atoms with Crippen molar-refractivity contribution in [2.75, 3.05) is 19.0 Å². The summed E-state index contributed by atoms with van der Waals surface area (Å²) in [5, 5.41) is 16.4. The van der Waals surface area contributed by atoms with E-state index < -0.39 is 0 Å². The van der Waals surface area contributed by atoms with Crippen LogP contribution >= 0.6 is 0 Å². The molecule has 0 aliphatic carbocycles. The highest BCUT2D eigenvalue weighted by atomic mass is 16.5. The summed E-state index contributed by atoms with van der Waals surface area (Å²) in [4.78, 5) is 4.71. The van der Waals surface area contributed by atoms with Gasteiger partial charge in [0, 0.05) is 31.0 Å². The van der Waals surface area contributed by atoms with Gasteiger partial charge in [-0.15, -0.1) is 10.2 Å². The van der Waals surface area contributed by atoms with E-state index in [1.165, 1.54) is 0 Å². The van der Waals surface area contributed by atoms with Crippen LogP contribution in [0.3, 0.4) is 0 Å². The highest BCUT2D eigenvalue weighted by Crippen LogP contribution is 2.22. The molecule has 0 radical (unpaired) electrons. The molecule has 8 heteroatoms. The van der Waals surface area contributed by atoms with Crippen molar-refractivity contribution < 1.29 is 4.74 Å². The first kappa shape index (κ1) is 17.3. The van der Waals surface area contributed by atoms with Gasteiger partial charge in [0.25, 0.3) is 0 Å². The molecule has 0 unspecified atom stereocenters. The van der Waals surface area contributed by atoms with E-state index >= 15 is 0 Å². The first-order valence-corrected chi connectivity index (χ1v) is 8.54. The van der Waals surface area contributed by atoms with Gasteiger partial charge in [-0.2, -0.15) is 9.61 Å². The summed E-state index contributed by atoms with van der Waals surface area (Å²) in [6.07, 6.45) is 2.60. The number of aryl methyl sites for hydroxylation is 3. The fourth-order valence-corrected chi connectivity index (χ4v) is 2.81. The Hall–Kier alpha value is -2.48. The predicted octanol–water partition coefficient (Wildman–Crippen LogP) is 2.32. The summed E-state index contributed by atoms with van der Waals surface area (Å²) in [5.74, 6) is 1.77. The molecule has 3 heterocycles. The zero-order chi connectivity index (χ0) is 18.0. The van der Waals surface area contributed by atoms with Crippen LogP contribution in [0.1, 0.15) is 42.7 Å². The van der Waals surface area contributed by atoms with Gasteiger partial charge in [0.1, 0.15) is 12.1 Å². The van der Waals surface area contributed by atoms with Crippen molar-refractivity contribution in [1.29, 1.82) is 0 Å². The Bertz CT molecular complexity index is 867. The minimum absolute atomic E-state index is 0.0283. The topological polar surface area (TPSA) is 82.2 Å². The molecule has 1 N–H and O–H groups in total. The van der Waals surface area contributed by atoms with Crippen LogP contribution in [-0.4, -0.2) is 43.1 Å². The van der Waals surface area contributed by atoms with E-state index in [0.29, 0.717) is 6.61 Å². The highest BCUT2D eigenvalue weighted by Gasteiger charge is 2.17. The predicted molar refractivity (Wildman–Crippen MR) is 95.8 cm³/mol. The second-order valence-electron chi connectivity index (χ2n) is 6.17. The summed E-state index contributed by atoms with van der Waals surface area (Å²) in [5.41, 5.74) is 4.02. The van der Waals surface area contributed by atoms with Crippen LogP contribution in [-0.2, 0) is 17.7 Å². The average Bonchev–Trinajstić information content (AvgIpc) is 3.19. The van der Waals surface area contributed by atoms with Gasteiger partial charge in [0.2, 0.25) is 0 Å². The number of ether oxygens (including phenoxy) is 1. The third-order valence-corrected chi connectivity index (χ3v) is 4.41. The highest BCUT2D eigenvalue weighted by molar-refractivity contribution is 5.56. The molecule has 1 atom stereocenters. The summed E-state index contributed by atoms with van der Waals surface area (Å²) in [7, 11) is 1.69. The van der Waals surface area contributed by atoms with Crippen LogP contribution in [0.25, 0.3) is 5.65 Å². The number of methoxy groups -OCH3 is 1. The molecular weight excluding hydrogens is 318 g/mol. The van der Waals surface area contributed by atoms with E-state index in [1.54, 1.807) is 13.4 Å². The molecule has 8 nitrogen and oxygen atoms in total. The molecular formula is C17H25N7O. The van der Waals surface area contributed by atoms with Crippen molar-refractivity contribution in [2.24, 2.45) is 0 Å². The van der Waals surface area contributed by atoms with Crippen molar-refractivity contribution in [3.05, 3.63) is 35.2 Å². The molecule has 134 valence electrons. The van der Waals surface area contributed by atoms with Crippen LogP contribution in [0.15, 0.2) is 12.4 Å². The van der Waals surface area contributed by atoms with Gasteiger partial charge >= 0.3 is 0 Å². The van der Waals surface area contributed by atoms with Crippen LogP contribution in [0.5, 0.6) is 0 Å². The Balaban J connectivity index is 1.94. The smallest absolute Gasteiger partial charge is 0.160 e. The van der Waals surface area contributed by atoms with E-state index in [4.69, 9.17) is 9.72 Å². The number of nitrogens with zero attached hydrogens (tertiary/aromatic N) is 6. The zero-order valence-electron chi connectivity index (χ0n) is 15.4. The lowest BCUT2D eigenvalue weighted by atomic mass is 10.2. The Morgan fingerprint density at radius 2 is 2.12 bits per heavy atom. The van der Waals surface area contributed by atoms with Gasteiger partial charge in [-0.3, -0.25) is 0 Å². The molecule has 25 heavy (non-hydrogen) atoms. The van der Waals surface area contributed by atoms with Gasteiger partial charge in [0.15, 0.2) is 11.5 Å². The Morgan fingerprint density at radius 3 is 2.84 bits per heavy atom. The largest absolute Gasteiger partial charge is 0.383 e. The monoisotopic (exact) mass is 343 g/mol. The number of nitrogens with one attached hydrogen (secondary N) is 1. The van der Waals surface area contributed by atoms with Gasteiger partial charge in [-0.25, -0.2) is 4.98 Å². The fourth-order valence-electron chi connectivity index (χ4n) is 2.81. The molecule has 0 aliphatic heterocycles. The van der Waals surface area contributed by atoms with E-state index in [-0.39, 0.29) is 6.04 Å². The zero-order valence-corrected chi connectivity index (χ0v) is 15.4. The second kappa shape index (κ2) is 7.18. The lowest BCUT2D eigenvalue weighted by molar-refractivity contribution is 0.186. The SMILES string of the molecule is CCc1cc(N[C@@H](C)c2nncn2CCOC)n2nc(C)c(C)c2n1. The molecule has 0 fully saturated rings. The Morgan fingerprint density at radius 1 is 1.32 bits per heavy atom. The van der Waals surface area contributed by atoms with Gasteiger partial charge in [-0.1, -0.05) is 6.92 Å². The van der Waals surface area contributed by atoms with E-state index in [9.17, 15) is 0 Å². The molecule has 0 amide bonds. The van der Waals surface area contributed by atoms with Gasteiger partial charge in [0.05, 0.1) is 18.3 Å². The van der Waals surface area contributed by atoms with Crippen LogP contribution in [0.4, 0.5) is 5.82 Å². The summed E-state index contributed by atoms with van der Waals surface area (Å²) in [6, 6.07) is 2.02. The maximum atomic E-state index is 5.15. The number of anilines is 1. The third kappa shape index (κ3) is 3.34. The number of fused-ring (bicyclic) bond motifs is 1.